The molecule has 21 heavy (non-hydrogen) atoms. The summed E-state index contributed by atoms with van der Waals surface area (Å²) in [5.41, 5.74) is 2.87. The van der Waals surface area contributed by atoms with Gasteiger partial charge in [0.05, 0.1) is 6.61 Å². The van der Waals surface area contributed by atoms with Gasteiger partial charge in [-0.15, -0.1) is 0 Å². The molecule has 0 heterocycles. The SMILES string of the molecule is COCc1ccc(C(=O)Nc2ccc(C(C)=O)cc2)cc1. The number of hydrogen-bond donors (Lipinski definition) is 1. The number of ether oxygens (including phenoxy) is 1. The number of amides is 1. The van der Waals surface area contributed by atoms with Crippen molar-refractivity contribution in [1.29, 1.82) is 0 Å². The van der Waals surface area contributed by atoms with Crippen molar-refractivity contribution in [3.05, 3.63) is 65.2 Å². The van der Waals surface area contributed by atoms with Crippen molar-refractivity contribution in [2.45, 2.75) is 13.5 Å². The first kappa shape index (κ1) is 14.9. The van der Waals surface area contributed by atoms with Crippen molar-refractivity contribution in [3.63, 3.8) is 0 Å². The number of carbonyl (C=O) groups is 2. The van der Waals surface area contributed by atoms with E-state index in [1.807, 2.05) is 12.1 Å². The van der Waals surface area contributed by atoms with Crippen molar-refractivity contribution < 1.29 is 14.3 Å². The zero-order chi connectivity index (χ0) is 15.2. The van der Waals surface area contributed by atoms with Gasteiger partial charge in [0.15, 0.2) is 5.78 Å². The Hall–Kier alpha value is -2.46. The lowest BCUT2D eigenvalue weighted by molar-refractivity contribution is 0.101. The van der Waals surface area contributed by atoms with Crippen LogP contribution in [0, 0.1) is 0 Å². The molecule has 0 atom stereocenters. The number of anilines is 1. The molecule has 0 aliphatic rings. The first-order valence-electron chi connectivity index (χ1n) is 6.60. The second kappa shape index (κ2) is 6.81. The average molecular weight is 283 g/mol. The molecule has 2 aromatic rings. The van der Waals surface area contributed by atoms with E-state index in [4.69, 9.17) is 4.74 Å². The average Bonchev–Trinajstić information content (AvgIpc) is 2.49. The molecule has 0 aromatic heterocycles. The van der Waals surface area contributed by atoms with E-state index < -0.39 is 0 Å². The van der Waals surface area contributed by atoms with Crippen LogP contribution in [0.2, 0.25) is 0 Å². The van der Waals surface area contributed by atoms with Crippen LogP contribution in [0.5, 0.6) is 0 Å². The van der Waals surface area contributed by atoms with E-state index >= 15 is 0 Å². The molecule has 0 saturated carbocycles. The maximum absolute atomic E-state index is 12.1. The first-order valence-corrected chi connectivity index (χ1v) is 6.60. The Bertz CT molecular complexity index is 630. The van der Waals surface area contributed by atoms with Crippen LogP contribution in [0.3, 0.4) is 0 Å². The second-order valence-corrected chi connectivity index (χ2v) is 4.72. The van der Waals surface area contributed by atoms with Crippen LogP contribution >= 0.6 is 0 Å². The third-order valence-corrected chi connectivity index (χ3v) is 3.08. The molecule has 2 aromatic carbocycles. The molecule has 0 aliphatic carbocycles. The summed E-state index contributed by atoms with van der Waals surface area (Å²) in [7, 11) is 1.63. The molecule has 1 amide bonds. The van der Waals surface area contributed by atoms with Crippen LogP contribution in [0.15, 0.2) is 48.5 Å². The molecule has 0 spiro atoms. The first-order chi connectivity index (χ1) is 10.1. The van der Waals surface area contributed by atoms with E-state index in [1.165, 1.54) is 6.92 Å². The van der Waals surface area contributed by atoms with Crippen molar-refractivity contribution in [1.82, 2.24) is 0 Å². The normalized spacial score (nSPS) is 10.2. The van der Waals surface area contributed by atoms with Crippen LogP contribution in [0.25, 0.3) is 0 Å². The Morgan fingerprint density at radius 1 is 0.952 bits per heavy atom. The van der Waals surface area contributed by atoms with Gasteiger partial charge >= 0.3 is 0 Å². The molecule has 0 bridgehead atoms. The highest BCUT2D eigenvalue weighted by atomic mass is 16.5. The fraction of sp³-hybridized carbons (Fsp3) is 0.176. The molecule has 4 heteroatoms. The summed E-state index contributed by atoms with van der Waals surface area (Å²) in [4.78, 5) is 23.3. The number of Topliss-reactive ketones (excluding diaryl/α,β-unsaturated/α-hetero) is 1. The predicted octanol–water partition coefficient (Wildman–Crippen LogP) is 3.29. The number of rotatable bonds is 5. The van der Waals surface area contributed by atoms with Gasteiger partial charge in [0.2, 0.25) is 0 Å². The molecule has 2 rings (SSSR count). The lowest BCUT2D eigenvalue weighted by Gasteiger charge is -2.07. The van der Waals surface area contributed by atoms with Crippen molar-refractivity contribution >= 4 is 17.4 Å². The van der Waals surface area contributed by atoms with Gasteiger partial charge < -0.3 is 10.1 Å². The van der Waals surface area contributed by atoms with E-state index in [1.54, 1.807) is 43.5 Å². The highest BCUT2D eigenvalue weighted by molar-refractivity contribution is 6.04. The van der Waals surface area contributed by atoms with Gasteiger partial charge in [0.1, 0.15) is 0 Å². The van der Waals surface area contributed by atoms with Crippen LogP contribution < -0.4 is 5.32 Å². The molecular formula is C17H17NO3. The summed E-state index contributed by atoms with van der Waals surface area (Å²) >= 11 is 0. The Balaban J connectivity index is 2.05. The zero-order valence-electron chi connectivity index (χ0n) is 12.1. The standard InChI is InChI=1S/C17H17NO3/c1-12(19)14-7-9-16(10-8-14)18-17(20)15-5-3-13(4-6-15)11-21-2/h3-10H,11H2,1-2H3,(H,18,20). The lowest BCUT2D eigenvalue weighted by atomic mass is 10.1. The summed E-state index contributed by atoms with van der Waals surface area (Å²) in [5, 5.41) is 2.79. The van der Waals surface area contributed by atoms with Gasteiger partial charge in [-0.05, 0) is 48.9 Å². The quantitative estimate of drug-likeness (QED) is 0.857. The molecule has 108 valence electrons. The monoisotopic (exact) mass is 283 g/mol. The van der Waals surface area contributed by atoms with Gasteiger partial charge in [0.25, 0.3) is 5.91 Å². The minimum Gasteiger partial charge on any atom is -0.380 e. The Morgan fingerprint density at radius 3 is 2.05 bits per heavy atom. The van der Waals surface area contributed by atoms with Gasteiger partial charge in [-0.2, -0.15) is 0 Å². The second-order valence-electron chi connectivity index (χ2n) is 4.72. The largest absolute Gasteiger partial charge is 0.380 e. The zero-order valence-corrected chi connectivity index (χ0v) is 12.1. The molecule has 0 aliphatic heterocycles. The Labute approximate surface area is 123 Å². The molecule has 0 fully saturated rings. The van der Waals surface area contributed by atoms with Crippen molar-refractivity contribution in [2.24, 2.45) is 0 Å². The Morgan fingerprint density at radius 2 is 1.52 bits per heavy atom. The van der Waals surface area contributed by atoms with E-state index in [0.717, 1.165) is 5.56 Å². The van der Waals surface area contributed by atoms with Crippen molar-refractivity contribution in [3.8, 4) is 0 Å². The topological polar surface area (TPSA) is 55.4 Å². The van der Waals surface area contributed by atoms with Crippen LogP contribution in [0.1, 0.15) is 33.2 Å². The number of benzene rings is 2. The highest BCUT2D eigenvalue weighted by Gasteiger charge is 2.06. The van der Waals surface area contributed by atoms with E-state index in [9.17, 15) is 9.59 Å². The van der Waals surface area contributed by atoms with Gasteiger partial charge in [-0.25, -0.2) is 0 Å². The molecule has 4 nitrogen and oxygen atoms in total. The number of hydrogen-bond acceptors (Lipinski definition) is 3. The summed E-state index contributed by atoms with van der Waals surface area (Å²) < 4.78 is 5.03. The van der Waals surface area contributed by atoms with Crippen molar-refractivity contribution in [2.75, 3.05) is 12.4 Å². The molecule has 1 N–H and O–H groups in total. The Kier molecular flexibility index (Phi) is 4.85. The third-order valence-electron chi connectivity index (χ3n) is 3.08. The van der Waals surface area contributed by atoms with E-state index in [-0.39, 0.29) is 11.7 Å². The highest BCUT2D eigenvalue weighted by Crippen LogP contribution is 2.12. The fourth-order valence-corrected chi connectivity index (χ4v) is 1.91. The minimum atomic E-state index is -0.186. The molecular weight excluding hydrogens is 266 g/mol. The summed E-state index contributed by atoms with van der Waals surface area (Å²) in [6, 6.07) is 14.1. The smallest absolute Gasteiger partial charge is 0.255 e. The van der Waals surface area contributed by atoms with Crippen LogP contribution in [-0.2, 0) is 11.3 Å². The van der Waals surface area contributed by atoms with Gasteiger partial charge in [-0.1, -0.05) is 12.1 Å². The summed E-state index contributed by atoms with van der Waals surface area (Å²) in [6.45, 7) is 2.03. The van der Waals surface area contributed by atoms with Crippen LogP contribution in [0.4, 0.5) is 5.69 Å². The maximum Gasteiger partial charge on any atom is 0.255 e. The number of nitrogens with one attached hydrogen (secondary N) is 1. The molecule has 0 radical (unpaired) electrons. The van der Waals surface area contributed by atoms with Gasteiger partial charge in [0, 0.05) is 23.9 Å². The number of methoxy groups -OCH3 is 1. The predicted molar refractivity (Wildman–Crippen MR) is 81.6 cm³/mol. The van der Waals surface area contributed by atoms with E-state index in [0.29, 0.717) is 23.4 Å². The van der Waals surface area contributed by atoms with E-state index in [2.05, 4.69) is 5.32 Å². The van der Waals surface area contributed by atoms with Gasteiger partial charge in [-0.3, -0.25) is 9.59 Å². The minimum absolute atomic E-state index is 0.00149. The maximum atomic E-state index is 12.1. The molecule has 0 unspecified atom stereocenters. The lowest BCUT2D eigenvalue weighted by Crippen LogP contribution is -2.12. The molecule has 0 saturated heterocycles. The number of carbonyl (C=O) groups excluding carboxylic acids is 2. The summed E-state index contributed by atoms with van der Waals surface area (Å²) in [6.07, 6.45) is 0. The summed E-state index contributed by atoms with van der Waals surface area (Å²) in [5.74, 6) is -0.184. The fourth-order valence-electron chi connectivity index (χ4n) is 1.91. The number of ketones is 1. The van der Waals surface area contributed by atoms with Crippen LogP contribution in [-0.4, -0.2) is 18.8 Å². The third kappa shape index (κ3) is 4.00.